The van der Waals surface area contributed by atoms with Gasteiger partial charge in [-0.15, -0.1) is 11.3 Å². The molecule has 2 nitrogen and oxygen atoms in total. The van der Waals surface area contributed by atoms with E-state index in [1.165, 1.54) is 23.3 Å². The summed E-state index contributed by atoms with van der Waals surface area (Å²) in [7, 11) is 0. The van der Waals surface area contributed by atoms with Crippen molar-refractivity contribution < 1.29 is 4.79 Å². The standard InChI is InChI=1S/C17H27NOS/c1-12-9-10-20-15(12)11-18-16(19)13-5-7-14(8-6-13)17(2,3)4/h9-10,13-14H,5-8,11H2,1-4H3,(H,18,19). The Morgan fingerprint density at radius 2 is 1.95 bits per heavy atom. The zero-order valence-electron chi connectivity index (χ0n) is 13.2. The summed E-state index contributed by atoms with van der Waals surface area (Å²) in [5, 5.41) is 5.21. The fourth-order valence-electron chi connectivity index (χ4n) is 3.12. The maximum absolute atomic E-state index is 12.3. The third-order valence-corrected chi connectivity index (χ3v) is 5.74. The van der Waals surface area contributed by atoms with Crippen molar-refractivity contribution in [3.05, 3.63) is 21.9 Å². The summed E-state index contributed by atoms with van der Waals surface area (Å²) in [5.74, 6) is 1.25. The van der Waals surface area contributed by atoms with Crippen LogP contribution in [0.25, 0.3) is 0 Å². The Hall–Kier alpha value is -0.830. The number of carbonyl (C=O) groups excluding carboxylic acids is 1. The molecule has 2 rings (SSSR count). The van der Waals surface area contributed by atoms with Gasteiger partial charge in [-0.3, -0.25) is 4.79 Å². The summed E-state index contributed by atoms with van der Waals surface area (Å²) < 4.78 is 0. The summed E-state index contributed by atoms with van der Waals surface area (Å²) in [4.78, 5) is 13.5. The molecule has 1 fully saturated rings. The summed E-state index contributed by atoms with van der Waals surface area (Å²) >= 11 is 1.73. The first kappa shape index (κ1) is 15.6. The molecule has 1 heterocycles. The highest BCUT2D eigenvalue weighted by Gasteiger charge is 2.32. The molecular weight excluding hydrogens is 266 g/mol. The predicted molar refractivity (Wildman–Crippen MR) is 85.8 cm³/mol. The van der Waals surface area contributed by atoms with Crippen molar-refractivity contribution in [2.45, 2.75) is 59.9 Å². The van der Waals surface area contributed by atoms with Crippen LogP contribution in [-0.4, -0.2) is 5.91 Å². The normalized spacial score (nSPS) is 23.6. The SMILES string of the molecule is Cc1ccsc1CNC(=O)C1CCC(C(C)(C)C)CC1. The van der Waals surface area contributed by atoms with E-state index in [4.69, 9.17) is 0 Å². The number of thiophene rings is 1. The van der Waals surface area contributed by atoms with Crippen LogP contribution in [0.4, 0.5) is 0 Å². The lowest BCUT2D eigenvalue weighted by Gasteiger charge is -2.36. The van der Waals surface area contributed by atoms with Crippen molar-refractivity contribution in [2.24, 2.45) is 17.3 Å². The molecule has 0 atom stereocenters. The first-order valence-electron chi connectivity index (χ1n) is 7.68. The van der Waals surface area contributed by atoms with Gasteiger partial charge in [-0.2, -0.15) is 0 Å². The molecule has 0 bridgehead atoms. The average molecular weight is 293 g/mol. The summed E-state index contributed by atoms with van der Waals surface area (Å²) in [6.07, 6.45) is 4.49. The minimum absolute atomic E-state index is 0.230. The lowest BCUT2D eigenvalue weighted by molar-refractivity contribution is -0.126. The van der Waals surface area contributed by atoms with Crippen LogP contribution in [0.3, 0.4) is 0 Å². The fraction of sp³-hybridized carbons (Fsp3) is 0.706. The molecule has 0 aliphatic heterocycles. The maximum Gasteiger partial charge on any atom is 0.223 e. The molecule has 0 unspecified atom stereocenters. The van der Waals surface area contributed by atoms with Crippen LogP contribution in [-0.2, 0) is 11.3 Å². The Kier molecular flexibility index (Phi) is 4.90. The van der Waals surface area contributed by atoms with Gasteiger partial charge >= 0.3 is 0 Å². The van der Waals surface area contributed by atoms with Crippen LogP contribution in [0.1, 0.15) is 56.9 Å². The largest absolute Gasteiger partial charge is 0.351 e. The molecule has 0 aromatic carbocycles. The second kappa shape index (κ2) is 6.30. The van der Waals surface area contributed by atoms with Gasteiger partial charge < -0.3 is 5.32 Å². The zero-order chi connectivity index (χ0) is 14.8. The van der Waals surface area contributed by atoms with Gasteiger partial charge in [0.2, 0.25) is 5.91 Å². The molecule has 0 radical (unpaired) electrons. The Labute approximate surface area is 127 Å². The van der Waals surface area contributed by atoms with Crippen molar-refractivity contribution in [3.8, 4) is 0 Å². The molecule has 1 N–H and O–H groups in total. The second-order valence-corrected chi connectivity index (χ2v) is 8.16. The number of amides is 1. The van der Waals surface area contributed by atoms with E-state index in [1.54, 1.807) is 11.3 Å². The molecule has 0 saturated heterocycles. The minimum Gasteiger partial charge on any atom is -0.351 e. The van der Waals surface area contributed by atoms with Crippen molar-refractivity contribution in [2.75, 3.05) is 0 Å². The fourth-order valence-corrected chi connectivity index (χ4v) is 3.96. The molecule has 1 saturated carbocycles. The van der Waals surface area contributed by atoms with Crippen molar-refractivity contribution in [1.29, 1.82) is 0 Å². The third-order valence-electron chi connectivity index (χ3n) is 4.71. The van der Waals surface area contributed by atoms with Gasteiger partial charge in [0.1, 0.15) is 0 Å². The van der Waals surface area contributed by atoms with Crippen molar-refractivity contribution >= 4 is 17.2 Å². The van der Waals surface area contributed by atoms with E-state index in [0.717, 1.165) is 18.8 Å². The van der Waals surface area contributed by atoms with Gasteiger partial charge in [0, 0.05) is 10.8 Å². The van der Waals surface area contributed by atoms with Crippen LogP contribution < -0.4 is 5.32 Å². The molecule has 1 aromatic rings. The minimum atomic E-state index is 0.230. The molecule has 20 heavy (non-hydrogen) atoms. The molecule has 1 amide bonds. The lowest BCUT2D eigenvalue weighted by atomic mass is 9.69. The number of hydrogen-bond acceptors (Lipinski definition) is 2. The third kappa shape index (κ3) is 3.85. The lowest BCUT2D eigenvalue weighted by Crippen LogP contribution is -2.35. The van der Waals surface area contributed by atoms with E-state index in [9.17, 15) is 4.79 Å². The average Bonchev–Trinajstić information content (AvgIpc) is 2.81. The molecule has 0 spiro atoms. The number of aryl methyl sites for hydroxylation is 1. The molecule has 3 heteroatoms. The topological polar surface area (TPSA) is 29.1 Å². The number of nitrogens with one attached hydrogen (secondary N) is 1. The molecule has 1 aliphatic rings. The Morgan fingerprint density at radius 1 is 1.30 bits per heavy atom. The van der Waals surface area contributed by atoms with Crippen molar-refractivity contribution in [3.63, 3.8) is 0 Å². The van der Waals surface area contributed by atoms with Crippen LogP contribution in [0, 0.1) is 24.2 Å². The highest BCUT2D eigenvalue weighted by atomic mass is 32.1. The first-order valence-corrected chi connectivity index (χ1v) is 8.56. The highest BCUT2D eigenvalue weighted by Crippen LogP contribution is 2.39. The number of rotatable bonds is 3. The van der Waals surface area contributed by atoms with E-state index < -0.39 is 0 Å². The van der Waals surface area contributed by atoms with Crippen LogP contribution in [0.2, 0.25) is 0 Å². The summed E-state index contributed by atoms with van der Waals surface area (Å²) in [6, 6.07) is 2.11. The summed E-state index contributed by atoms with van der Waals surface area (Å²) in [6.45, 7) is 9.75. The molecule has 1 aromatic heterocycles. The quantitative estimate of drug-likeness (QED) is 0.872. The van der Waals surface area contributed by atoms with Gasteiger partial charge in [0.25, 0.3) is 0 Å². The van der Waals surface area contributed by atoms with Gasteiger partial charge in [0.05, 0.1) is 6.54 Å². The molecule has 1 aliphatic carbocycles. The van der Waals surface area contributed by atoms with E-state index >= 15 is 0 Å². The number of hydrogen-bond donors (Lipinski definition) is 1. The Morgan fingerprint density at radius 3 is 2.45 bits per heavy atom. The van der Waals surface area contributed by atoms with Crippen LogP contribution >= 0.6 is 11.3 Å². The van der Waals surface area contributed by atoms with E-state index in [2.05, 4.69) is 44.5 Å². The molecule has 112 valence electrons. The van der Waals surface area contributed by atoms with Gasteiger partial charge in [-0.05, 0) is 60.9 Å². The smallest absolute Gasteiger partial charge is 0.223 e. The van der Waals surface area contributed by atoms with Crippen LogP contribution in [0.5, 0.6) is 0 Å². The summed E-state index contributed by atoms with van der Waals surface area (Å²) in [5.41, 5.74) is 1.67. The second-order valence-electron chi connectivity index (χ2n) is 7.16. The maximum atomic E-state index is 12.3. The zero-order valence-corrected chi connectivity index (χ0v) is 14.0. The van der Waals surface area contributed by atoms with Crippen LogP contribution in [0.15, 0.2) is 11.4 Å². The van der Waals surface area contributed by atoms with Gasteiger partial charge in [-0.1, -0.05) is 20.8 Å². The van der Waals surface area contributed by atoms with E-state index in [0.29, 0.717) is 12.0 Å². The molecular formula is C17H27NOS. The monoisotopic (exact) mass is 293 g/mol. The Balaban J connectivity index is 1.79. The highest BCUT2D eigenvalue weighted by molar-refractivity contribution is 7.10. The van der Waals surface area contributed by atoms with Crippen molar-refractivity contribution in [1.82, 2.24) is 5.32 Å². The predicted octanol–water partition coefficient (Wildman–Crippen LogP) is 4.53. The van der Waals surface area contributed by atoms with E-state index in [1.807, 2.05) is 0 Å². The Bertz CT molecular complexity index is 450. The first-order chi connectivity index (χ1) is 9.38. The van der Waals surface area contributed by atoms with E-state index in [-0.39, 0.29) is 11.8 Å². The van der Waals surface area contributed by atoms with Gasteiger partial charge in [0.15, 0.2) is 0 Å². The van der Waals surface area contributed by atoms with Gasteiger partial charge in [-0.25, -0.2) is 0 Å². The number of carbonyl (C=O) groups is 1.